The van der Waals surface area contributed by atoms with Crippen LogP contribution in [0.1, 0.15) is 35.0 Å². The Balaban J connectivity index is 1.96. The predicted molar refractivity (Wildman–Crippen MR) is 113 cm³/mol. The van der Waals surface area contributed by atoms with E-state index >= 15 is 0 Å². The lowest BCUT2D eigenvalue weighted by molar-refractivity contribution is -0.141. The highest BCUT2D eigenvalue weighted by Gasteiger charge is 2.22. The van der Waals surface area contributed by atoms with Gasteiger partial charge in [0.15, 0.2) is 11.6 Å². The van der Waals surface area contributed by atoms with Gasteiger partial charge in [-0.3, -0.25) is 19.0 Å². The largest absolute Gasteiger partial charge is 0.505 e. The molecule has 0 unspecified atom stereocenters. The number of hydrogen-bond donors (Lipinski definition) is 3. The maximum Gasteiger partial charge on any atom is 0.308 e. The van der Waals surface area contributed by atoms with Crippen LogP contribution in [0.4, 0.5) is 8.78 Å². The number of carboxylic acids is 1. The second-order valence-corrected chi connectivity index (χ2v) is 7.58. The first kappa shape index (κ1) is 22.9. The zero-order valence-electron chi connectivity index (χ0n) is 17.5. The number of carbonyl (C=O) groups is 3. The number of aryl methyl sites for hydroxylation is 1. The quantitative estimate of drug-likeness (QED) is 0.518. The molecule has 0 aliphatic rings. The number of aliphatic carboxylic acids is 1. The van der Waals surface area contributed by atoms with Crippen molar-refractivity contribution in [2.75, 3.05) is 6.54 Å². The summed E-state index contributed by atoms with van der Waals surface area (Å²) in [7, 11) is 0. The number of aromatic nitrogens is 1. The number of benzene rings is 2. The number of hydrogen-bond acceptors (Lipinski definition) is 4. The van der Waals surface area contributed by atoms with Crippen molar-refractivity contribution in [3.05, 3.63) is 64.9 Å². The average Bonchev–Trinajstić information content (AvgIpc) is 3.00. The molecule has 7 nitrogen and oxygen atoms in total. The summed E-state index contributed by atoms with van der Waals surface area (Å²) in [4.78, 5) is 36.2. The molecule has 1 aromatic heterocycles. The second-order valence-electron chi connectivity index (χ2n) is 7.58. The summed E-state index contributed by atoms with van der Waals surface area (Å²) in [5.74, 6) is -4.86. The van der Waals surface area contributed by atoms with E-state index in [0.29, 0.717) is 16.6 Å². The Kier molecular flexibility index (Phi) is 6.57. The normalized spacial score (nSPS) is 12.0. The third-order valence-corrected chi connectivity index (χ3v) is 5.31. The number of halogens is 2. The summed E-state index contributed by atoms with van der Waals surface area (Å²) in [5.41, 5.74) is 1.21. The van der Waals surface area contributed by atoms with Crippen molar-refractivity contribution in [1.82, 2.24) is 9.88 Å². The molecule has 1 heterocycles. The van der Waals surface area contributed by atoms with Gasteiger partial charge in [0.25, 0.3) is 5.91 Å². The van der Waals surface area contributed by atoms with E-state index in [9.17, 15) is 28.3 Å². The van der Waals surface area contributed by atoms with Gasteiger partial charge in [-0.2, -0.15) is 0 Å². The Labute approximate surface area is 182 Å². The highest BCUT2D eigenvalue weighted by atomic mass is 19.1. The van der Waals surface area contributed by atoms with Crippen LogP contribution in [0.5, 0.6) is 5.75 Å². The van der Waals surface area contributed by atoms with Crippen molar-refractivity contribution >= 4 is 28.7 Å². The van der Waals surface area contributed by atoms with Crippen LogP contribution in [0.3, 0.4) is 0 Å². The topological polar surface area (TPSA) is 109 Å². The van der Waals surface area contributed by atoms with Crippen LogP contribution >= 0.6 is 0 Å². The number of phenols is 1. The lowest BCUT2D eigenvalue weighted by Gasteiger charge is -2.09. The van der Waals surface area contributed by atoms with Gasteiger partial charge < -0.3 is 15.5 Å². The molecule has 3 N–H and O–H groups in total. The van der Waals surface area contributed by atoms with Crippen LogP contribution in [-0.4, -0.2) is 39.1 Å². The van der Waals surface area contributed by atoms with Crippen molar-refractivity contribution < 1.29 is 33.4 Å². The number of carboxylic acid groups (broad SMARTS) is 1. The van der Waals surface area contributed by atoms with Gasteiger partial charge in [0, 0.05) is 35.7 Å². The Bertz CT molecular complexity index is 1220. The summed E-state index contributed by atoms with van der Waals surface area (Å²) in [6.45, 7) is 3.06. The molecular weight excluding hydrogens is 422 g/mol. The SMILES string of the molecule is Cc1c(CCC(=O)NC[C@H](C)C(=O)O)c2cc(O)c(F)cc2n1C(=O)c1cccc(F)c1. The summed E-state index contributed by atoms with van der Waals surface area (Å²) in [5, 5.41) is 21.7. The summed E-state index contributed by atoms with van der Waals surface area (Å²) in [6.07, 6.45) is 0.142. The number of nitrogens with one attached hydrogen (secondary N) is 1. The molecule has 3 rings (SSSR count). The number of amides is 1. The van der Waals surface area contributed by atoms with E-state index in [1.807, 2.05) is 0 Å². The lowest BCUT2D eigenvalue weighted by Crippen LogP contribution is -2.31. The van der Waals surface area contributed by atoms with Gasteiger partial charge in [0.1, 0.15) is 5.82 Å². The van der Waals surface area contributed by atoms with Crippen molar-refractivity contribution in [1.29, 1.82) is 0 Å². The zero-order valence-corrected chi connectivity index (χ0v) is 17.5. The molecule has 0 radical (unpaired) electrons. The van der Waals surface area contributed by atoms with Gasteiger partial charge in [-0.1, -0.05) is 13.0 Å². The summed E-state index contributed by atoms with van der Waals surface area (Å²) >= 11 is 0. The number of phenolic OH excluding ortho intramolecular Hbond substituents is 1. The van der Waals surface area contributed by atoms with Gasteiger partial charge in [-0.05, 0) is 43.2 Å². The van der Waals surface area contributed by atoms with Gasteiger partial charge in [0.05, 0.1) is 11.4 Å². The number of carbonyl (C=O) groups excluding carboxylic acids is 2. The fourth-order valence-corrected chi connectivity index (χ4v) is 3.50. The molecule has 3 aromatic rings. The third kappa shape index (κ3) is 4.61. The highest BCUT2D eigenvalue weighted by Crippen LogP contribution is 2.32. The molecule has 0 saturated carbocycles. The van der Waals surface area contributed by atoms with Gasteiger partial charge in [0.2, 0.25) is 5.91 Å². The molecule has 0 spiro atoms. The third-order valence-electron chi connectivity index (χ3n) is 5.31. The molecule has 9 heteroatoms. The molecule has 0 aliphatic heterocycles. The Morgan fingerprint density at radius 3 is 2.53 bits per heavy atom. The number of aromatic hydroxyl groups is 1. The molecule has 2 aromatic carbocycles. The van der Waals surface area contributed by atoms with Crippen LogP contribution in [0.25, 0.3) is 10.9 Å². The Hall–Kier alpha value is -3.75. The molecule has 1 atom stereocenters. The van der Waals surface area contributed by atoms with Crippen LogP contribution in [0, 0.1) is 24.5 Å². The van der Waals surface area contributed by atoms with Gasteiger partial charge in [-0.15, -0.1) is 0 Å². The van der Waals surface area contributed by atoms with E-state index in [2.05, 4.69) is 5.32 Å². The van der Waals surface area contributed by atoms with E-state index < -0.39 is 35.2 Å². The minimum atomic E-state index is -1.03. The van der Waals surface area contributed by atoms with Crippen molar-refractivity contribution in [2.24, 2.45) is 5.92 Å². The molecule has 168 valence electrons. The molecule has 0 bridgehead atoms. The van der Waals surface area contributed by atoms with Gasteiger partial charge >= 0.3 is 5.97 Å². The monoisotopic (exact) mass is 444 g/mol. The van der Waals surface area contributed by atoms with Gasteiger partial charge in [-0.25, -0.2) is 8.78 Å². The lowest BCUT2D eigenvalue weighted by atomic mass is 10.0. The number of nitrogens with zero attached hydrogens (tertiary/aromatic N) is 1. The van der Waals surface area contributed by atoms with E-state index in [4.69, 9.17) is 5.11 Å². The van der Waals surface area contributed by atoms with E-state index in [1.165, 1.54) is 35.8 Å². The Morgan fingerprint density at radius 2 is 1.88 bits per heavy atom. The van der Waals surface area contributed by atoms with Crippen LogP contribution in [-0.2, 0) is 16.0 Å². The fraction of sp³-hybridized carbons (Fsp3) is 0.261. The van der Waals surface area contributed by atoms with E-state index in [1.54, 1.807) is 6.92 Å². The molecule has 0 saturated heterocycles. The average molecular weight is 444 g/mol. The molecule has 32 heavy (non-hydrogen) atoms. The first-order valence-corrected chi connectivity index (χ1v) is 9.92. The van der Waals surface area contributed by atoms with Crippen molar-refractivity contribution in [3.63, 3.8) is 0 Å². The molecular formula is C23H22F2N2O5. The molecule has 1 amide bonds. The van der Waals surface area contributed by atoms with Crippen LogP contribution in [0.2, 0.25) is 0 Å². The van der Waals surface area contributed by atoms with E-state index in [-0.39, 0.29) is 36.4 Å². The smallest absolute Gasteiger partial charge is 0.308 e. The highest BCUT2D eigenvalue weighted by molar-refractivity contribution is 6.04. The fourth-order valence-electron chi connectivity index (χ4n) is 3.50. The first-order chi connectivity index (χ1) is 15.1. The zero-order chi connectivity index (χ0) is 23.6. The van der Waals surface area contributed by atoms with Crippen molar-refractivity contribution in [3.8, 4) is 5.75 Å². The summed E-state index contributed by atoms with van der Waals surface area (Å²) < 4.78 is 29.0. The molecule has 0 aliphatic carbocycles. The predicted octanol–water partition coefficient (Wildman–Crippen LogP) is 3.39. The van der Waals surface area contributed by atoms with E-state index in [0.717, 1.165) is 12.1 Å². The van der Waals surface area contributed by atoms with Crippen LogP contribution in [0.15, 0.2) is 36.4 Å². The first-order valence-electron chi connectivity index (χ1n) is 9.92. The summed E-state index contributed by atoms with van der Waals surface area (Å²) in [6, 6.07) is 7.30. The van der Waals surface area contributed by atoms with Crippen molar-refractivity contribution in [2.45, 2.75) is 26.7 Å². The minimum Gasteiger partial charge on any atom is -0.505 e. The van der Waals surface area contributed by atoms with Crippen LogP contribution < -0.4 is 5.32 Å². The maximum absolute atomic E-state index is 14.1. The second kappa shape index (κ2) is 9.17. The minimum absolute atomic E-state index is 0.0153. The number of fused-ring (bicyclic) bond motifs is 1. The maximum atomic E-state index is 14.1. The number of rotatable bonds is 7. The molecule has 0 fully saturated rings. The standard InChI is InChI=1S/C23H22F2N2O5/c1-12(23(31)32)11-26-21(29)7-6-16-13(2)27(19-10-18(25)20(28)9-17(16)19)22(30)14-4-3-5-15(24)8-14/h3-5,8-10,12,28H,6-7,11H2,1-2H3,(H,26,29)(H,31,32)/t12-/m0/s1. The Morgan fingerprint density at radius 1 is 1.16 bits per heavy atom.